The number of hydrogen-bond donors (Lipinski definition) is 1. The molecule has 0 saturated carbocycles. The van der Waals surface area contributed by atoms with Crippen LogP contribution in [0.15, 0.2) is 55.0 Å². The Balaban J connectivity index is 1.60. The first-order chi connectivity index (χ1) is 11.6. The van der Waals surface area contributed by atoms with Crippen LogP contribution in [-0.2, 0) is 6.54 Å². The van der Waals surface area contributed by atoms with E-state index in [0.29, 0.717) is 11.8 Å². The van der Waals surface area contributed by atoms with E-state index in [4.69, 9.17) is 4.98 Å². The lowest BCUT2D eigenvalue weighted by molar-refractivity contribution is 0.591. The summed E-state index contributed by atoms with van der Waals surface area (Å²) >= 11 is 0. The van der Waals surface area contributed by atoms with Gasteiger partial charge in [-0.3, -0.25) is 4.98 Å². The van der Waals surface area contributed by atoms with Crippen LogP contribution in [0, 0.1) is 0 Å². The van der Waals surface area contributed by atoms with Gasteiger partial charge in [-0.25, -0.2) is 0 Å². The van der Waals surface area contributed by atoms with E-state index in [0.717, 1.165) is 23.3 Å². The predicted octanol–water partition coefficient (Wildman–Crippen LogP) is 5.44. The van der Waals surface area contributed by atoms with Crippen LogP contribution in [0.3, 0.4) is 0 Å². The minimum Gasteiger partial charge on any atom is -0.360 e. The lowest BCUT2D eigenvalue weighted by Crippen LogP contribution is -2.05. The Bertz CT molecular complexity index is 991. The minimum absolute atomic E-state index is 0.371. The maximum absolute atomic E-state index is 4.78. The Labute approximate surface area is 142 Å². The highest BCUT2D eigenvalue weighted by Gasteiger charge is 2.10. The van der Waals surface area contributed by atoms with E-state index in [-0.39, 0.29) is 0 Å². The number of nitrogens with one attached hydrogen (secondary N) is 1. The van der Waals surface area contributed by atoms with Crippen LogP contribution < -0.4 is 0 Å². The third kappa shape index (κ3) is 2.71. The van der Waals surface area contributed by atoms with Crippen molar-refractivity contribution in [1.82, 2.24) is 14.5 Å². The van der Waals surface area contributed by atoms with Crippen LogP contribution in [0.25, 0.3) is 21.8 Å². The zero-order valence-corrected chi connectivity index (χ0v) is 14.5. The largest absolute Gasteiger partial charge is 0.360 e. The van der Waals surface area contributed by atoms with Gasteiger partial charge in [-0.2, -0.15) is 0 Å². The first kappa shape index (κ1) is 15.0. The van der Waals surface area contributed by atoms with Gasteiger partial charge in [0.15, 0.2) is 0 Å². The van der Waals surface area contributed by atoms with Crippen molar-refractivity contribution in [3.63, 3.8) is 0 Å². The summed E-state index contributed by atoms with van der Waals surface area (Å²) in [6.45, 7) is 7.66. The van der Waals surface area contributed by atoms with Gasteiger partial charge in [0.05, 0.1) is 11.0 Å². The van der Waals surface area contributed by atoms with Crippen LogP contribution in [0.5, 0.6) is 0 Å². The zero-order chi connectivity index (χ0) is 16.7. The molecule has 122 valence electrons. The molecule has 0 amide bonds. The fourth-order valence-corrected chi connectivity index (χ4v) is 3.32. The van der Waals surface area contributed by atoms with Crippen molar-refractivity contribution in [2.45, 2.75) is 39.2 Å². The topological polar surface area (TPSA) is 33.6 Å². The zero-order valence-electron chi connectivity index (χ0n) is 14.5. The molecule has 1 aromatic carbocycles. The maximum Gasteiger partial charge on any atom is 0.0882 e. The van der Waals surface area contributed by atoms with E-state index in [1.54, 1.807) is 0 Å². The molecule has 3 heterocycles. The second-order valence-corrected chi connectivity index (χ2v) is 7.05. The van der Waals surface area contributed by atoms with Crippen LogP contribution >= 0.6 is 0 Å². The van der Waals surface area contributed by atoms with Gasteiger partial charge in [-0.1, -0.05) is 32.9 Å². The highest BCUT2D eigenvalue weighted by molar-refractivity contribution is 5.83. The fourth-order valence-electron chi connectivity index (χ4n) is 3.32. The second kappa shape index (κ2) is 5.82. The highest BCUT2D eigenvalue weighted by atomic mass is 14.9. The first-order valence-electron chi connectivity index (χ1n) is 8.63. The highest BCUT2D eigenvalue weighted by Crippen LogP contribution is 2.24. The Hall–Kier alpha value is -2.55. The van der Waals surface area contributed by atoms with Gasteiger partial charge in [0.2, 0.25) is 0 Å². The van der Waals surface area contributed by atoms with Crippen molar-refractivity contribution in [1.29, 1.82) is 0 Å². The number of hydrogen-bond acceptors (Lipinski definition) is 1. The molecule has 3 aromatic heterocycles. The van der Waals surface area contributed by atoms with Crippen molar-refractivity contribution in [3.05, 3.63) is 66.2 Å². The Morgan fingerprint density at radius 2 is 1.83 bits per heavy atom. The molecule has 0 spiro atoms. The molecule has 0 bridgehead atoms. The number of nitrogens with zero attached hydrogens (tertiary/aromatic N) is 2. The number of aromatic nitrogens is 3. The fraction of sp³-hybridized carbons (Fsp3) is 0.286. The number of H-pyrrole nitrogens is 1. The minimum atomic E-state index is 0.371. The third-order valence-corrected chi connectivity index (χ3v) is 4.80. The average molecular weight is 317 g/mol. The summed E-state index contributed by atoms with van der Waals surface area (Å²) in [6, 6.07) is 13.1. The molecule has 1 atom stereocenters. The third-order valence-electron chi connectivity index (χ3n) is 4.80. The van der Waals surface area contributed by atoms with Crippen molar-refractivity contribution in [2.24, 2.45) is 0 Å². The van der Waals surface area contributed by atoms with Crippen molar-refractivity contribution >= 4 is 21.8 Å². The van der Waals surface area contributed by atoms with E-state index in [9.17, 15) is 0 Å². The molecule has 3 heteroatoms. The van der Waals surface area contributed by atoms with Crippen LogP contribution in [0.4, 0.5) is 0 Å². The Kier molecular flexibility index (Phi) is 3.64. The van der Waals surface area contributed by atoms with E-state index in [1.807, 2.05) is 12.3 Å². The summed E-state index contributed by atoms with van der Waals surface area (Å²) < 4.78 is 2.29. The van der Waals surface area contributed by atoms with Gasteiger partial charge in [-0.15, -0.1) is 0 Å². The molecule has 3 nitrogen and oxygen atoms in total. The molecule has 0 aliphatic rings. The lowest BCUT2D eigenvalue weighted by atomic mass is 10.0. The summed E-state index contributed by atoms with van der Waals surface area (Å²) in [5.74, 6) is 0.935. The average Bonchev–Trinajstić information content (AvgIpc) is 3.18. The van der Waals surface area contributed by atoms with Gasteiger partial charge in [-0.05, 0) is 46.5 Å². The number of aromatic amines is 1. The normalized spacial score (nSPS) is 13.2. The molecule has 0 radical (unpaired) electrons. The molecule has 0 aliphatic heterocycles. The van der Waals surface area contributed by atoms with Crippen LogP contribution in [0.1, 0.15) is 43.9 Å². The SMILES string of the molecule is CC(C)c1ccc2cn(CC(C)c3ccc4[nH]ccc4n3)cc2c1. The first-order valence-corrected chi connectivity index (χ1v) is 8.63. The standard InChI is InChI=1S/C21H23N3/c1-14(2)16-4-5-17-12-24(13-18(17)10-16)11-15(3)19-6-7-20-21(23-19)8-9-22-20/h4-10,12-15,22H,11H2,1-3H3. The molecule has 1 N–H and O–H groups in total. The molecule has 0 saturated heterocycles. The van der Waals surface area contributed by atoms with Gasteiger partial charge in [0.25, 0.3) is 0 Å². The van der Waals surface area contributed by atoms with Crippen LogP contribution in [-0.4, -0.2) is 14.5 Å². The number of fused-ring (bicyclic) bond motifs is 2. The van der Waals surface area contributed by atoms with Crippen LogP contribution in [0.2, 0.25) is 0 Å². The van der Waals surface area contributed by atoms with Gasteiger partial charge in [0, 0.05) is 36.7 Å². The van der Waals surface area contributed by atoms with E-state index in [2.05, 4.69) is 73.0 Å². The van der Waals surface area contributed by atoms with Crippen molar-refractivity contribution in [2.75, 3.05) is 0 Å². The van der Waals surface area contributed by atoms with Gasteiger partial charge in [0.1, 0.15) is 0 Å². The molecule has 4 aromatic rings. The Morgan fingerprint density at radius 3 is 2.67 bits per heavy atom. The van der Waals surface area contributed by atoms with E-state index >= 15 is 0 Å². The maximum atomic E-state index is 4.78. The van der Waals surface area contributed by atoms with Gasteiger partial charge < -0.3 is 9.55 Å². The predicted molar refractivity (Wildman–Crippen MR) is 101 cm³/mol. The lowest BCUT2D eigenvalue weighted by Gasteiger charge is -2.12. The molecular weight excluding hydrogens is 294 g/mol. The summed E-state index contributed by atoms with van der Waals surface area (Å²) in [5, 5.41) is 2.63. The molecule has 24 heavy (non-hydrogen) atoms. The monoisotopic (exact) mass is 317 g/mol. The van der Waals surface area contributed by atoms with E-state index < -0.39 is 0 Å². The summed E-state index contributed by atoms with van der Waals surface area (Å²) in [7, 11) is 0. The summed E-state index contributed by atoms with van der Waals surface area (Å²) in [4.78, 5) is 7.98. The van der Waals surface area contributed by atoms with Crippen molar-refractivity contribution in [3.8, 4) is 0 Å². The Morgan fingerprint density at radius 1 is 1.00 bits per heavy atom. The molecule has 0 aliphatic carbocycles. The van der Waals surface area contributed by atoms with Gasteiger partial charge >= 0.3 is 0 Å². The van der Waals surface area contributed by atoms with Crippen molar-refractivity contribution < 1.29 is 0 Å². The number of pyridine rings is 1. The quantitative estimate of drug-likeness (QED) is 0.534. The molecule has 0 fully saturated rings. The molecule has 1 unspecified atom stereocenters. The number of rotatable bonds is 4. The second-order valence-electron chi connectivity index (χ2n) is 7.05. The number of benzene rings is 1. The molecule has 4 rings (SSSR count). The summed E-state index contributed by atoms with van der Waals surface area (Å²) in [5.41, 5.74) is 4.67. The smallest absolute Gasteiger partial charge is 0.0882 e. The van der Waals surface area contributed by atoms with E-state index in [1.165, 1.54) is 16.3 Å². The molecular formula is C21H23N3. The summed E-state index contributed by atoms with van der Waals surface area (Å²) in [6.07, 6.45) is 6.44.